The van der Waals surface area contributed by atoms with Crippen LogP contribution in [0.2, 0.25) is 0 Å². The Morgan fingerprint density at radius 1 is 1.14 bits per heavy atom. The Morgan fingerprint density at radius 3 is 2.68 bits per heavy atom. The molecule has 0 bridgehead atoms. The minimum Gasteiger partial charge on any atom is -0.402 e. The SMILES string of the molecule is C[C@]12C=CC(O)C=C1C=C(N)[C@@H]1[C@H]2CC[C@]2(C)C(O)CC[C@@H]12. The predicted octanol–water partition coefficient (Wildman–Crippen LogP) is 2.51. The Hall–Kier alpha value is -1.06. The van der Waals surface area contributed by atoms with Crippen molar-refractivity contribution in [3.05, 3.63) is 35.6 Å². The average Bonchev–Trinajstić information content (AvgIpc) is 2.77. The molecular formula is C19H27NO2. The number of allylic oxidation sites excluding steroid dienone is 4. The maximum atomic E-state index is 10.5. The Labute approximate surface area is 132 Å². The van der Waals surface area contributed by atoms with Crippen molar-refractivity contribution in [2.24, 2.45) is 34.3 Å². The van der Waals surface area contributed by atoms with Crippen molar-refractivity contribution < 1.29 is 10.2 Å². The van der Waals surface area contributed by atoms with Gasteiger partial charge in [-0.1, -0.05) is 26.0 Å². The van der Waals surface area contributed by atoms with E-state index in [0.717, 1.165) is 31.4 Å². The second-order valence-electron chi connectivity index (χ2n) is 8.28. The molecule has 0 amide bonds. The Bertz CT molecular complexity index is 592. The van der Waals surface area contributed by atoms with Crippen LogP contribution in [0.3, 0.4) is 0 Å². The van der Waals surface area contributed by atoms with Crippen LogP contribution in [-0.2, 0) is 0 Å². The first-order valence-electron chi connectivity index (χ1n) is 8.61. The van der Waals surface area contributed by atoms with Gasteiger partial charge in [0, 0.05) is 17.0 Å². The van der Waals surface area contributed by atoms with E-state index in [9.17, 15) is 10.2 Å². The molecule has 2 saturated carbocycles. The fourth-order valence-electron chi connectivity index (χ4n) is 5.88. The summed E-state index contributed by atoms with van der Waals surface area (Å²) in [4.78, 5) is 0. The molecule has 4 rings (SSSR count). The third-order valence-electron chi connectivity index (χ3n) is 7.31. The lowest BCUT2D eigenvalue weighted by atomic mass is 9.49. The summed E-state index contributed by atoms with van der Waals surface area (Å²) in [7, 11) is 0. The minimum atomic E-state index is -0.495. The summed E-state index contributed by atoms with van der Waals surface area (Å²) in [5.41, 5.74) is 8.62. The first kappa shape index (κ1) is 14.5. The summed E-state index contributed by atoms with van der Waals surface area (Å²) < 4.78 is 0. The molecule has 2 unspecified atom stereocenters. The summed E-state index contributed by atoms with van der Waals surface area (Å²) in [6.07, 6.45) is 11.6. The number of aliphatic hydroxyl groups is 2. The van der Waals surface area contributed by atoms with E-state index in [0.29, 0.717) is 17.8 Å². The zero-order chi connectivity index (χ0) is 15.7. The van der Waals surface area contributed by atoms with Crippen molar-refractivity contribution in [2.75, 3.05) is 0 Å². The molecule has 120 valence electrons. The fraction of sp³-hybridized carbons (Fsp3) is 0.684. The molecule has 0 saturated heterocycles. The van der Waals surface area contributed by atoms with Crippen LogP contribution in [-0.4, -0.2) is 22.4 Å². The van der Waals surface area contributed by atoms with Gasteiger partial charge >= 0.3 is 0 Å². The van der Waals surface area contributed by atoms with Crippen molar-refractivity contribution >= 4 is 0 Å². The van der Waals surface area contributed by atoms with Crippen molar-refractivity contribution in [2.45, 2.75) is 51.7 Å². The zero-order valence-electron chi connectivity index (χ0n) is 13.5. The van der Waals surface area contributed by atoms with Gasteiger partial charge in [0.2, 0.25) is 0 Å². The molecule has 2 fully saturated rings. The molecule has 0 spiro atoms. The molecule has 0 heterocycles. The molecule has 4 aliphatic rings. The van der Waals surface area contributed by atoms with Crippen molar-refractivity contribution in [1.82, 2.24) is 0 Å². The molecule has 7 atom stereocenters. The summed E-state index contributed by atoms with van der Waals surface area (Å²) in [5, 5.41) is 20.4. The second kappa shape index (κ2) is 4.48. The standard InChI is InChI=1S/C19H27NO2/c1-18-7-5-12(21)9-11(18)10-15(20)17-13-3-4-16(22)19(13,2)8-6-14(17)18/h5,7,9-10,12-14,16-17,21-22H,3-4,6,8,20H2,1-2H3/t12?,13-,14+,16?,17-,18-,19-/m0/s1. The molecule has 0 aliphatic heterocycles. The van der Waals surface area contributed by atoms with Gasteiger partial charge in [-0.25, -0.2) is 0 Å². The van der Waals surface area contributed by atoms with Gasteiger partial charge in [0.15, 0.2) is 0 Å². The molecule has 22 heavy (non-hydrogen) atoms. The van der Waals surface area contributed by atoms with Gasteiger partial charge in [-0.2, -0.15) is 0 Å². The van der Waals surface area contributed by atoms with E-state index in [2.05, 4.69) is 26.0 Å². The summed E-state index contributed by atoms with van der Waals surface area (Å²) >= 11 is 0. The first-order valence-corrected chi connectivity index (χ1v) is 8.61. The number of nitrogens with two attached hydrogens (primary N) is 1. The van der Waals surface area contributed by atoms with E-state index < -0.39 is 6.10 Å². The minimum absolute atomic E-state index is 0.0229. The highest BCUT2D eigenvalue weighted by molar-refractivity contribution is 5.44. The Balaban J connectivity index is 1.80. The van der Waals surface area contributed by atoms with E-state index in [1.54, 1.807) is 0 Å². The number of hydrogen-bond donors (Lipinski definition) is 3. The molecule has 0 aromatic rings. The van der Waals surface area contributed by atoms with Gasteiger partial charge in [-0.15, -0.1) is 0 Å². The predicted molar refractivity (Wildman–Crippen MR) is 86.7 cm³/mol. The summed E-state index contributed by atoms with van der Waals surface area (Å²) in [6, 6.07) is 0. The normalized spacial score (nSPS) is 53.2. The van der Waals surface area contributed by atoms with Crippen LogP contribution in [0.15, 0.2) is 35.6 Å². The fourth-order valence-corrected chi connectivity index (χ4v) is 5.88. The Kier molecular flexibility index (Phi) is 2.96. The maximum absolute atomic E-state index is 10.5. The van der Waals surface area contributed by atoms with Gasteiger partial charge in [0.05, 0.1) is 12.2 Å². The molecule has 3 heteroatoms. The lowest BCUT2D eigenvalue weighted by Crippen LogP contribution is -2.51. The lowest BCUT2D eigenvalue weighted by molar-refractivity contribution is -0.0419. The van der Waals surface area contributed by atoms with Crippen LogP contribution in [0.4, 0.5) is 0 Å². The highest BCUT2D eigenvalue weighted by Crippen LogP contribution is 2.63. The topological polar surface area (TPSA) is 66.5 Å². The largest absolute Gasteiger partial charge is 0.402 e. The van der Waals surface area contributed by atoms with E-state index >= 15 is 0 Å². The maximum Gasteiger partial charge on any atom is 0.0908 e. The van der Waals surface area contributed by atoms with Gasteiger partial charge in [0.1, 0.15) is 0 Å². The lowest BCUT2D eigenvalue weighted by Gasteiger charge is -2.55. The van der Waals surface area contributed by atoms with E-state index in [1.165, 1.54) is 5.57 Å². The quantitative estimate of drug-likeness (QED) is 0.602. The van der Waals surface area contributed by atoms with Crippen LogP contribution in [0.1, 0.15) is 39.5 Å². The molecule has 0 aromatic heterocycles. The third-order valence-corrected chi connectivity index (χ3v) is 7.31. The summed E-state index contributed by atoms with van der Waals surface area (Å²) in [6.45, 7) is 4.54. The van der Waals surface area contributed by atoms with Gasteiger partial charge in [0.25, 0.3) is 0 Å². The number of rotatable bonds is 0. The van der Waals surface area contributed by atoms with Crippen LogP contribution < -0.4 is 5.73 Å². The van der Waals surface area contributed by atoms with Crippen molar-refractivity contribution in [1.29, 1.82) is 0 Å². The van der Waals surface area contributed by atoms with Crippen molar-refractivity contribution in [3.8, 4) is 0 Å². The smallest absolute Gasteiger partial charge is 0.0908 e. The molecule has 0 radical (unpaired) electrons. The van der Waals surface area contributed by atoms with Crippen molar-refractivity contribution in [3.63, 3.8) is 0 Å². The van der Waals surface area contributed by atoms with E-state index in [4.69, 9.17) is 5.73 Å². The number of aliphatic hydroxyl groups excluding tert-OH is 2. The third kappa shape index (κ3) is 1.70. The molecular weight excluding hydrogens is 274 g/mol. The zero-order valence-corrected chi connectivity index (χ0v) is 13.5. The van der Waals surface area contributed by atoms with E-state index in [1.807, 2.05) is 12.2 Å². The number of fused-ring (bicyclic) bond motifs is 5. The first-order chi connectivity index (χ1) is 10.4. The molecule has 4 N–H and O–H groups in total. The molecule has 3 nitrogen and oxygen atoms in total. The van der Waals surface area contributed by atoms with Gasteiger partial charge in [-0.3, -0.25) is 0 Å². The van der Waals surface area contributed by atoms with Gasteiger partial charge < -0.3 is 15.9 Å². The monoisotopic (exact) mass is 301 g/mol. The number of hydrogen-bond acceptors (Lipinski definition) is 3. The van der Waals surface area contributed by atoms with Crippen LogP contribution in [0.25, 0.3) is 0 Å². The van der Waals surface area contributed by atoms with Crippen LogP contribution in [0, 0.1) is 28.6 Å². The molecule has 0 aromatic carbocycles. The molecule has 4 aliphatic carbocycles. The van der Waals surface area contributed by atoms with Crippen LogP contribution >= 0.6 is 0 Å². The summed E-state index contributed by atoms with van der Waals surface area (Å²) in [5.74, 6) is 1.32. The average molecular weight is 301 g/mol. The highest BCUT2D eigenvalue weighted by Gasteiger charge is 2.58. The Morgan fingerprint density at radius 2 is 1.91 bits per heavy atom. The van der Waals surface area contributed by atoms with Gasteiger partial charge in [-0.05, 0) is 60.7 Å². The highest BCUT2D eigenvalue weighted by atomic mass is 16.3. The second-order valence-corrected chi connectivity index (χ2v) is 8.28. The van der Waals surface area contributed by atoms with E-state index in [-0.39, 0.29) is 16.9 Å². The van der Waals surface area contributed by atoms with Crippen LogP contribution in [0.5, 0.6) is 0 Å².